The van der Waals surface area contributed by atoms with Crippen molar-refractivity contribution in [2.24, 2.45) is 0 Å². The van der Waals surface area contributed by atoms with Crippen molar-refractivity contribution in [3.8, 4) is 33.4 Å². The number of hydrogen-bond acceptors (Lipinski definition) is 0. The van der Waals surface area contributed by atoms with Crippen molar-refractivity contribution in [3.63, 3.8) is 0 Å². The quantitative estimate of drug-likeness (QED) is 0.190. The van der Waals surface area contributed by atoms with Crippen molar-refractivity contribution in [2.75, 3.05) is 0 Å². The Morgan fingerprint density at radius 1 is 0.295 bits per heavy atom. The smallest absolute Gasteiger partial charge is 0.00201 e. The van der Waals surface area contributed by atoms with Crippen LogP contribution in [-0.4, -0.2) is 0 Å². The van der Waals surface area contributed by atoms with Crippen LogP contribution in [0.4, 0.5) is 0 Å². The van der Waals surface area contributed by atoms with Gasteiger partial charge in [0.05, 0.1) is 0 Å². The average molecular weight is 557 g/mol. The molecule has 44 heavy (non-hydrogen) atoms. The second-order valence-electron chi connectivity index (χ2n) is 11.8. The summed E-state index contributed by atoms with van der Waals surface area (Å²) in [4.78, 5) is 0. The van der Waals surface area contributed by atoms with Gasteiger partial charge in [0.15, 0.2) is 0 Å². The van der Waals surface area contributed by atoms with Gasteiger partial charge in [-0.15, -0.1) is 0 Å². The molecule has 0 nitrogen and oxygen atoms in total. The summed E-state index contributed by atoms with van der Waals surface area (Å²) in [5, 5.41) is 14.6. The van der Waals surface area contributed by atoms with Crippen molar-refractivity contribution >= 4 is 67.0 Å². The lowest BCUT2D eigenvalue weighted by molar-refractivity contribution is 1.63. The third-order valence-corrected chi connectivity index (χ3v) is 9.42. The van der Waals surface area contributed by atoms with Gasteiger partial charge in [0.1, 0.15) is 0 Å². The van der Waals surface area contributed by atoms with Crippen molar-refractivity contribution < 1.29 is 0 Å². The van der Waals surface area contributed by atoms with E-state index in [9.17, 15) is 0 Å². The standard InChI is InChI=1S/C44H28/c1-27-11-9-17-35-39(26-40-34(30-14-7-4-8-15-30)22-19-28(2)42(40)41(27)35)38-25-32-21-23-33(29-12-5-3-6-13-29)37-24-20-31-16-10-18-36(38)43(31)44(32)37/h3-26H,1-2H2. The van der Waals surface area contributed by atoms with Gasteiger partial charge in [0.2, 0.25) is 0 Å². The molecule has 0 saturated heterocycles. The zero-order valence-electron chi connectivity index (χ0n) is 24.3. The summed E-state index contributed by atoms with van der Waals surface area (Å²) in [7, 11) is 0. The molecule has 9 aromatic rings. The Hall–Kier alpha value is -5.72. The van der Waals surface area contributed by atoms with Gasteiger partial charge in [-0.3, -0.25) is 0 Å². The maximum atomic E-state index is 4.53. The molecular formula is C44H28. The van der Waals surface area contributed by atoms with Crippen LogP contribution < -0.4 is 10.4 Å². The molecule has 0 heteroatoms. The summed E-state index contributed by atoms with van der Waals surface area (Å²) in [6, 6.07) is 53.0. The number of rotatable bonds is 3. The first kappa shape index (κ1) is 24.8. The lowest BCUT2D eigenvalue weighted by atomic mass is 9.83. The van der Waals surface area contributed by atoms with Crippen molar-refractivity contribution in [1.82, 2.24) is 0 Å². The third kappa shape index (κ3) is 3.52. The van der Waals surface area contributed by atoms with Crippen LogP contribution in [0.5, 0.6) is 0 Å². The van der Waals surface area contributed by atoms with Gasteiger partial charge >= 0.3 is 0 Å². The van der Waals surface area contributed by atoms with Crippen LogP contribution in [0, 0.1) is 0 Å². The van der Waals surface area contributed by atoms with Crippen molar-refractivity contribution in [2.45, 2.75) is 0 Å². The minimum absolute atomic E-state index is 1.02. The lowest BCUT2D eigenvalue weighted by Crippen LogP contribution is -2.08. The molecule has 9 aromatic carbocycles. The molecule has 0 aromatic heterocycles. The van der Waals surface area contributed by atoms with Crippen molar-refractivity contribution in [3.05, 3.63) is 156 Å². The summed E-state index contributed by atoms with van der Waals surface area (Å²) in [5.41, 5.74) is 7.39. The van der Waals surface area contributed by atoms with Crippen LogP contribution in [0.15, 0.2) is 146 Å². The number of benzene rings is 9. The fourth-order valence-corrected chi connectivity index (χ4v) is 7.46. The average Bonchev–Trinajstić information content (AvgIpc) is 3.07. The molecule has 0 amide bonds. The molecule has 0 N–H and O–H groups in total. The maximum Gasteiger partial charge on any atom is -0.00201 e. The minimum Gasteiger partial charge on any atom is -0.0911 e. The molecule has 204 valence electrons. The maximum absolute atomic E-state index is 4.53. The van der Waals surface area contributed by atoms with E-state index >= 15 is 0 Å². The predicted octanol–water partition coefficient (Wildman–Crippen LogP) is 10.7. The molecule has 0 saturated carbocycles. The first-order chi connectivity index (χ1) is 21.7. The van der Waals surface area contributed by atoms with Crippen LogP contribution >= 0.6 is 0 Å². The molecule has 0 atom stereocenters. The second kappa shape index (κ2) is 9.39. The molecule has 0 fully saturated rings. The molecule has 0 radical (unpaired) electrons. The fourth-order valence-electron chi connectivity index (χ4n) is 7.46. The van der Waals surface area contributed by atoms with Crippen LogP contribution in [0.3, 0.4) is 0 Å². The van der Waals surface area contributed by atoms with Crippen LogP contribution in [0.2, 0.25) is 0 Å². The number of hydrogen-bond donors (Lipinski definition) is 0. The highest BCUT2D eigenvalue weighted by molar-refractivity contribution is 6.30. The van der Waals surface area contributed by atoms with Gasteiger partial charge in [-0.1, -0.05) is 147 Å². The molecule has 0 aliphatic carbocycles. The van der Waals surface area contributed by atoms with E-state index in [-0.39, 0.29) is 0 Å². The van der Waals surface area contributed by atoms with E-state index in [0.717, 1.165) is 10.4 Å². The summed E-state index contributed by atoms with van der Waals surface area (Å²) in [6.07, 6.45) is 0. The highest BCUT2D eigenvalue weighted by Gasteiger charge is 2.19. The van der Waals surface area contributed by atoms with Gasteiger partial charge < -0.3 is 0 Å². The topological polar surface area (TPSA) is 0 Å². The SMILES string of the molecule is C=c1ccc(-c2ccccc2)c2cc(-c3cc4ccc(-c5ccccc5)c5ccc6cccc3c6c45)c3cccc(=C)c3c12. The Morgan fingerprint density at radius 3 is 1.57 bits per heavy atom. The lowest BCUT2D eigenvalue weighted by Gasteiger charge is -2.19. The Kier molecular flexibility index (Phi) is 5.30. The predicted molar refractivity (Wildman–Crippen MR) is 192 cm³/mol. The van der Waals surface area contributed by atoms with E-state index in [1.54, 1.807) is 0 Å². The van der Waals surface area contributed by atoms with Gasteiger partial charge in [0.25, 0.3) is 0 Å². The van der Waals surface area contributed by atoms with E-state index < -0.39 is 0 Å². The largest absolute Gasteiger partial charge is 0.0911 e. The van der Waals surface area contributed by atoms with Crippen LogP contribution in [-0.2, 0) is 0 Å². The summed E-state index contributed by atoms with van der Waals surface area (Å²) >= 11 is 0. The first-order valence-corrected chi connectivity index (χ1v) is 15.2. The van der Waals surface area contributed by atoms with Crippen LogP contribution in [0.1, 0.15) is 0 Å². The third-order valence-electron chi connectivity index (χ3n) is 9.42. The highest BCUT2D eigenvalue weighted by Crippen LogP contribution is 2.45. The molecule has 0 aliphatic rings. The summed E-state index contributed by atoms with van der Waals surface area (Å²) in [6.45, 7) is 9.02. The molecule has 0 unspecified atom stereocenters. The highest BCUT2D eigenvalue weighted by atomic mass is 14.2. The minimum atomic E-state index is 1.02. The normalized spacial score (nSPS) is 11.8. The molecule has 0 spiro atoms. The van der Waals surface area contributed by atoms with Gasteiger partial charge in [-0.05, 0) is 110 Å². The van der Waals surface area contributed by atoms with Gasteiger partial charge in [0, 0.05) is 0 Å². The molecule has 0 bridgehead atoms. The molecule has 0 heterocycles. The Bertz CT molecular complexity index is 2660. The van der Waals surface area contributed by atoms with E-state index in [0.29, 0.717) is 0 Å². The summed E-state index contributed by atoms with van der Waals surface area (Å²) in [5.74, 6) is 0. The monoisotopic (exact) mass is 556 g/mol. The second-order valence-corrected chi connectivity index (χ2v) is 11.8. The molecule has 0 aliphatic heterocycles. The zero-order valence-corrected chi connectivity index (χ0v) is 24.3. The number of fused-ring (bicyclic) bond motifs is 3. The van der Waals surface area contributed by atoms with E-state index in [1.165, 1.54) is 87.2 Å². The Balaban J connectivity index is 1.45. The van der Waals surface area contributed by atoms with E-state index in [4.69, 9.17) is 0 Å². The Labute approximate surface area is 255 Å². The zero-order chi connectivity index (χ0) is 29.4. The van der Waals surface area contributed by atoms with Gasteiger partial charge in [-0.2, -0.15) is 0 Å². The van der Waals surface area contributed by atoms with Crippen molar-refractivity contribution in [1.29, 1.82) is 0 Å². The van der Waals surface area contributed by atoms with Gasteiger partial charge in [-0.25, -0.2) is 0 Å². The molecular weight excluding hydrogens is 528 g/mol. The van der Waals surface area contributed by atoms with E-state index in [1.807, 2.05) is 0 Å². The summed E-state index contributed by atoms with van der Waals surface area (Å²) < 4.78 is 0. The fraction of sp³-hybridized carbons (Fsp3) is 0. The Morgan fingerprint density at radius 2 is 0.818 bits per heavy atom. The van der Waals surface area contributed by atoms with E-state index in [2.05, 4.69) is 159 Å². The van der Waals surface area contributed by atoms with Crippen LogP contribution in [0.25, 0.3) is 100 Å². The molecule has 9 rings (SSSR count). The first-order valence-electron chi connectivity index (χ1n) is 15.2.